The van der Waals surface area contributed by atoms with E-state index in [1.807, 2.05) is 31.2 Å². The highest BCUT2D eigenvalue weighted by molar-refractivity contribution is 6.83. The molecular formula is C14H19N3OSi. The molecular weight excluding hydrogens is 254 g/mol. The molecule has 19 heavy (non-hydrogen) atoms. The van der Waals surface area contributed by atoms with Crippen molar-refractivity contribution in [3.8, 4) is 11.5 Å². The average molecular weight is 273 g/mol. The predicted molar refractivity (Wildman–Crippen MR) is 79.3 cm³/mol. The topological polar surface area (TPSA) is 39.9 Å². The highest BCUT2D eigenvalue weighted by Gasteiger charge is 2.14. The van der Waals surface area contributed by atoms with Gasteiger partial charge < -0.3 is 4.74 Å². The number of para-hydroxylation sites is 1. The van der Waals surface area contributed by atoms with Crippen molar-refractivity contribution in [3.05, 3.63) is 24.3 Å². The molecule has 0 radical (unpaired) electrons. The second-order valence-electron chi connectivity index (χ2n) is 5.35. The van der Waals surface area contributed by atoms with Gasteiger partial charge in [0.05, 0.1) is 5.52 Å². The minimum absolute atomic E-state index is 0.357. The van der Waals surface area contributed by atoms with Gasteiger partial charge in [-0.15, -0.1) is 10.6 Å². The van der Waals surface area contributed by atoms with E-state index >= 15 is 0 Å². The normalized spacial score (nSPS) is 13.1. The molecule has 0 spiro atoms. The smallest absolute Gasteiger partial charge is 0.214 e. The zero-order chi connectivity index (χ0) is 13.9. The van der Waals surface area contributed by atoms with Crippen LogP contribution in [0.2, 0.25) is 19.6 Å². The minimum Gasteiger partial charge on any atom is -0.346 e. The van der Waals surface area contributed by atoms with Crippen LogP contribution in [-0.4, -0.2) is 29.7 Å². The van der Waals surface area contributed by atoms with Gasteiger partial charge >= 0.3 is 0 Å². The molecule has 0 bridgehead atoms. The molecule has 2 rings (SSSR count). The first-order chi connectivity index (χ1) is 9.01. The van der Waals surface area contributed by atoms with E-state index in [-0.39, 0.29) is 6.23 Å². The van der Waals surface area contributed by atoms with Gasteiger partial charge in [0.15, 0.2) is 0 Å². The van der Waals surface area contributed by atoms with Crippen LogP contribution in [0, 0.1) is 11.5 Å². The van der Waals surface area contributed by atoms with E-state index in [2.05, 4.69) is 41.4 Å². The number of rotatable bonds is 3. The molecule has 5 heteroatoms. The molecule has 0 N–H and O–H groups in total. The van der Waals surface area contributed by atoms with Gasteiger partial charge in [0.25, 0.3) is 0 Å². The van der Waals surface area contributed by atoms with Gasteiger partial charge in [0.2, 0.25) is 6.23 Å². The molecule has 0 saturated carbocycles. The van der Waals surface area contributed by atoms with Crippen LogP contribution in [0.25, 0.3) is 11.0 Å². The zero-order valence-corrected chi connectivity index (χ0v) is 12.8. The highest BCUT2D eigenvalue weighted by atomic mass is 28.3. The summed E-state index contributed by atoms with van der Waals surface area (Å²) in [5, 5.41) is 8.31. The Balaban J connectivity index is 2.41. The lowest BCUT2D eigenvalue weighted by atomic mass is 10.3. The number of hydrogen-bond donors (Lipinski definition) is 0. The van der Waals surface area contributed by atoms with Crippen molar-refractivity contribution in [2.75, 3.05) is 6.61 Å². The maximum Gasteiger partial charge on any atom is 0.214 e. The SMILES string of the molecule is CCOC(C#C[Si](C)(C)C)n1nnc2ccccc21. The van der Waals surface area contributed by atoms with Crippen LogP contribution < -0.4 is 0 Å². The summed E-state index contributed by atoms with van der Waals surface area (Å²) >= 11 is 0. The molecule has 1 heterocycles. The average Bonchev–Trinajstić information content (AvgIpc) is 2.77. The number of aromatic nitrogens is 3. The lowest BCUT2D eigenvalue weighted by Crippen LogP contribution is -2.19. The van der Waals surface area contributed by atoms with Crippen LogP contribution in [0.4, 0.5) is 0 Å². The second-order valence-corrected chi connectivity index (χ2v) is 10.1. The predicted octanol–water partition coefficient (Wildman–Crippen LogP) is 2.85. The Bertz CT molecular complexity index is 619. The van der Waals surface area contributed by atoms with Gasteiger partial charge in [0.1, 0.15) is 13.6 Å². The molecule has 1 atom stereocenters. The third-order valence-electron chi connectivity index (χ3n) is 2.49. The molecule has 1 aromatic heterocycles. The number of hydrogen-bond acceptors (Lipinski definition) is 3. The van der Waals surface area contributed by atoms with Gasteiger partial charge in [-0.2, -0.15) is 0 Å². The van der Waals surface area contributed by atoms with Crippen molar-refractivity contribution in [1.82, 2.24) is 15.0 Å². The minimum atomic E-state index is -1.43. The van der Waals surface area contributed by atoms with E-state index in [0.717, 1.165) is 11.0 Å². The van der Waals surface area contributed by atoms with Gasteiger partial charge in [-0.1, -0.05) is 42.9 Å². The summed E-state index contributed by atoms with van der Waals surface area (Å²) in [6.45, 7) is 9.19. The third-order valence-corrected chi connectivity index (χ3v) is 3.39. The molecule has 1 unspecified atom stereocenters. The number of benzene rings is 1. The maximum absolute atomic E-state index is 5.70. The molecule has 0 aliphatic carbocycles. The van der Waals surface area contributed by atoms with Crippen LogP contribution >= 0.6 is 0 Å². The largest absolute Gasteiger partial charge is 0.346 e. The lowest BCUT2D eigenvalue weighted by Gasteiger charge is -2.13. The highest BCUT2D eigenvalue weighted by Crippen LogP contribution is 2.16. The van der Waals surface area contributed by atoms with Crippen molar-refractivity contribution in [2.45, 2.75) is 32.8 Å². The van der Waals surface area contributed by atoms with E-state index in [0.29, 0.717) is 6.61 Å². The van der Waals surface area contributed by atoms with Crippen LogP contribution in [0.3, 0.4) is 0 Å². The molecule has 0 aliphatic heterocycles. The fourth-order valence-corrected chi connectivity index (χ4v) is 2.23. The molecule has 0 aliphatic rings. The Hall–Kier alpha value is -1.64. The summed E-state index contributed by atoms with van der Waals surface area (Å²) in [7, 11) is -1.43. The fraction of sp³-hybridized carbons (Fsp3) is 0.429. The van der Waals surface area contributed by atoms with E-state index in [9.17, 15) is 0 Å². The molecule has 0 amide bonds. The molecule has 100 valence electrons. The van der Waals surface area contributed by atoms with Gasteiger partial charge in [-0.25, -0.2) is 4.68 Å². The number of ether oxygens (including phenoxy) is 1. The quantitative estimate of drug-likeness (QED) is 0.638. The summed E-state index contributed by atoms with van der Waals surface area (Å²) in [5.41, 5.74) is 5.15. The lowest BCUT2D eigenvalue weighted by molar-refractivity contribution is 0.0471. The van der Waals surface area contributed by atoms with Gasteiger partial charge in [-0.3, -0.25) is 0 Å². The summed E-state index contributed by atoms with van der Waals surface area (Å²) in [4.78, 5) is 0. The van der Waals surface area contributed by atoms with E-state index in [1.165, 1.54) is 0 Å². The monoisotopic (exact) mass is 273 g/mol. The number of nitrogens with zero attached hydrogens (tertiary/aromatic N) is 3. The standard InChI is InChI=1S/C14H19N3OSi/c1-5-18-14(10-11-19(2,3)4)17-13-9-7-6-8-12(13)15-16-17/h6-9,14H,5H2,1-4H3. The van der Waals surface area contributed by atoms with Crippen LogP contribution in [0.1, 0.15) is 13.2 Å². The molecule has 4 nitrogen and oxygen atoms in total. The van der Waals surface area contributed by atoms with Crippen LogP contribution in [0.15, 0.2) is 24.3 Å². The molecule has 1 aromatic carbocycles. The van der Waals surface area contributed by atoms with Crippen LogP contribution in [0.5, 0.6) is 0 Å². The van der Waals surface area contributed by atoms with Gasteiger partial charge in [-0.05, 0) is 19.1 Å². The Labute approximate surface area is 114 Å². The zero-order valence-electron chi connectivity index (χ0n) is 11.8. The first-order valence-electron chi connectivity index (χ1n) is 6.45. The molecule has 0 fully saturated rings. The van der Waals surface area contributed by atoms with Gasteiger partial charge in [0, 0.05) is 6.61 Å². The van der Waals surface area contributed by atoms with Crippen molar-refractivity contribution in [3.63, 3.8) is 0 Å². The first-order valence-corrected chi connectivity index (χ1v) is 9.95. The Kier molecular flexibility index (Phi) is 4.03. The number of fused-ring (bicyclic) bond motifs is 1. The Morgan fingerprint density at radius 2 is 2.05 bits per heavy atom. The summed E-state index contributed by atoms with van der Waals surface area (Å²) in [6, 6.07) is 7.84. The van der Waals surface area contributed by atoms with E-state index in [1.54, 1.807) is 4.68 Å². The summed E-state index contributed by atoms with van der Waals surface area (Å²) in [6.07, 6.45) is -0.357. The molecule has 0 saturated heterocycles. The fourth-order valence-electron chi connectivity index (χ4n) is 1.67. The van der Waals surface area contributed by atoms with Crippen molar-refractivity contribution >= 4 is 19.1 Å². The van der Waals surface area contributed by atoms with E-state index in [4.69, 9.17) is 4.74 Å². The molecule has 2 aromatic rings. The van der Waals surface area contributed by atoms with Crippen molar-refractivity contribution in [1.29, 1.82) is 0 Å². The third kappa shape index (κ3) is 3.43. The van der Waals surface area contributed by atoms with Crippen molar-refractivity contribution < 1.29 is 4.74 Å². The summed E-state index contributed by atoms with van der Waals surface area (Å²) in [5.74, 6) is 3.21. The Morgan fingerprint density at radius 1 is 1.32 bits per heavy atom. The second kappa shape index (κ2) is 5.55. The van der Waals surface area contributed by atoms with Crippen molar-refractivity contribution in [2.24, 2.45) is 0 Å². The maximum atomic E-state index is 5.70. The first kappa shape index (κ1) is 13.8. The van der Waals surface area contributed by atoms with E-state index < -0.39 is 8.07 Å². The Morgan fingerprint density at radius 3 is 2.74 bits per heavy atom. The van der Waals surface area contributed by atoms with Crippen LogP contribution in [-0.2, 0) is 4.74 Å². The summed E-state index contributed by atoms with van der Waals surface area (Å²) < 4.78 is 7.45.